The molecule has 2 atom stereocenters. The van der Waals surface area contributed by atoms with E-state index in [2.05, 4.69) is 0 Å². The minimum atomic E-state index is -0.682. The molecule has 0 N–H and O–H groups in total. The van der Waals surface area contributed by atoms with Gasteiger partial charge in [-0.15, -0.1) is 0 Å². The number of esters is 1. The van der Waals surface area contributed by atoms with E-state index in [4.69, 9.17) is 14.2 Å². The highest BCUT2D eigenvalue weighted by atomic mass is 16.8. The van der Waals surface area contributed by atoms with E-state index in [1.54, 1.807) is 20.8 Å². The molecule has 0 spiro atoms. The van der Waals surface area contributed by atoms with Crippen LogP contribution < -0.4 is 0 Å². The maximum Gasteiger partial charge on any atom is 0.338 e. The molecule has 0 radical (unpaired) electrons. The lowest BCUT2D eigenvalue weighted by Gasteiger charge is -2.16. The van der Waals surface area contributed by atoms with Crippen molar-refractivity contribution in [2.45, 2.75) is 52.1 Å². The Morgan fingerprint density at radius 1 is 1.36 bits per heavy atom. The van der Waals surface area contributed by atoms with Gasteiger partial charge in [0.15, 0.2) is 11.9 Å². The van der Waals surface area contributed by atoms with Crippen LogP contribution in [0, 0.1) is 0 Å². The average Bonchev–Trinajstić information content (AvgIpc) is 2.41. The van der Waals surface area contributed by atoms with E-state index in [-0.39, 0.29) is 12.1 Å². The summed E-state index contributed by atoms with van der Waals surface area (Å²) in [7, 11) is 0. The second kappa shape index (κ2) is 4.28. The maximum atomic E-state index is 11.5. The van der Waals surface area contributed by atoms with Gasteiger partial charge in [0.25, 0.3) is 0 Å². The Kier molecular flexibility index (Phi) is 3.50. The van der Waals surface area contributed by atoms with E-state index >= 15 is 0 Å². The van der Waals surface area contributed by atoms with Crippen LogP contribution in [0.5, 0.6) is 0 Å². The van der Waals surface area contributed by atoms with Gasteiger partial charge in [0.2, 0.25) is 0 Å². The summed E-state index contributed by atoms with van der Waals surface area (Å²) >= 11 is 0. The number of carbonyl (C=O) groups excluding carboxylic acids is 1. The summed E-state index contributed by atoms with van der Waals surface area (Å²) in [5.41, 5.74) is 0. The van der Waals surface area contributed by atoms with Crippen molar-refractivity contribution >= 4 is 5.97 Å². The molecule has 14 heavy (non-hydrogen) atoms. The van der Waals surface area contributed by atoms with E-state index in [9.17, 15) is 4.79 Å². The number of carbonyl (C=O) groups is 1. The highest BCUT2D eigenvalue weighted by Crippen LogP contribution is 2.30. The van der Waals surface area contributed by atoms with Crippen molar-refractivity contribution in [3.8, 4) is 0 Å². The van der Waals surface area contributed by atoms with Crippen LogP contribution in [0.3, 0.4) is 0 Å². The van der Waals surface area contributed by atoms with Crippen molar-refractivity contribution in [1.82, 2.24) is 0 Å². The van der Waals surface area contributed by atoms with Crippen LogP contribution in [0.1, 0.15) is 34.1 Å². The average molecular weight is 202 g/mol. The quantitative estimate of drug-likeness (QED) is 0.650. The molecule has 0 aliphatic carbocycles. The van der Waals surface area contributed by atoms with Crippen molar-refractivity contribution < 1.29 is 19.0 Å². The molecule has 0 bridgehead atoms. The molecule has 1 aliphatic heterocycles. The zero-order chi connectivity index (χ0) is 10.8. The van der Waals surface area contributed by atoms with Crippen LogP contribution >= 0.6 is 0 Å². The highest BCUT2D eigenvalue weighted by molar-refractivity contribution is 5.75. The van der Waals surface area contributed by atoms with E-state index in [0.717, 1.165) is 6.42 Å². The van der Waals surface area contributed by atoms with Crippen molar-refractivity contribution in [3.05, 3.63) is 0 Å². The number of ether oxygens (including phenoxy) is 3. The Balaban J connectivity index is 2.63. The molecule has 0 aromatic heterocycles. The standard InChI is InChI=1S/C10H18O4/c1-5-7-8(9(11)12-6-2)14-10(3,4)13-7/h7-8H,5-6H2,1-4H3/t7-,8+/m1/s1. The molecule has 1 fully saturated rings. The van der Waals surface area contributed by atoms with Crippen molar-refractivity contribution in [2.24, 2.45) is 0 Å². The smallest absolute Gasteiger partial charge is 0.338 e. The molecule has 0 aromatic rings. The normalized spacial score (nSPS) is 30.3. The number of rotatable bonds is 3. The third kappa shape index (κ3) is 2.45. The molecule has 4 nitrogen and oxygen atoms in total. The minimum Gasteiger partial charge on any atom is -0.464 e. The first-order chi connectivity index (χ1) is 6.50. The fourth-order valence-electron chi connectivity index (χ4n) is 1.56. The van der Waals surface area contributed by atoms with Gasteiger partial charge in [-0.25, -0.2) is 4.79 Å². The molecule has 0 unspecified atom stereocenters. The first-order valence-corrected chi connectivity index (χ1v) is 5.02. The highest BCUT2D eigenvalue weighted by Gasteiger charge is 2.44. The molecule has 1 rings (SSSR count). The van der Waals surface area contributed by atoms with Crippen LogP contribution in [0.4, 0.5) is 0 Å². The Morgan fingerprint density at radius 3 is 2.50 bits per heavy atom. The Bertz CT molecular complexity index is 212. The van der Waals surface area contributed by atoms with Crippen LogP contribution in [-0.4, -0.2) is 30.6 Å². The van der Waals surface area contributed by atoms with Crippen molar-refractivity contribution in [2.75, 3.05) is 6.61 Å². The summed E-state index contributed by atoms with van der Waals surface area (Å²) in [6, 6.07) is 0. The predicted octanol–water partition coefficient (Wildman–Crippen LogP) is 1.48. The Hall–Kier alpha value is -0.610. The lowest BCUT2D eigenvalue weighted by atomic mass is 10.1. The monoisotopic (exact) mass is 202 g/mol. The summed E-state index contributed by atoms with van der Waals surface area (Å²) in [6.45, 7) is 7.71. The summed E-state index contributed by atoms with van der Waals surface area (Å²) in [5.74, 6) is -1.01. The molecule has 82 valence electrons. The third-order valence-electron chi connectivity index (χ3n) is 2.10. The van der Waals surface area contributed by atoms with Crippen LogP contribution in [-0.2, 0) is 19.0 Å². The van der Waals surface area contributed by atoms with E-state index in [1.807, 2.05) is 6.92 Å². The van der Waals surface area contributed by atoms with E-state index in [0.29, 0.717) is 6.61 Å². The molecular formula is C10H18O4. The number of hydrogen-bond donors (Lipinski definition) is 0. The van der Waals surface area contributed by atoms with Gasteiger partial charge in [0.05, 0.1) is 12.7 Å². The van der Waals surface area contributed by atoms with Crippen LogP contribution in [0.25, 0.3) is 0 Å². The summed E-state index contributed by atoms with van der Waals surface area (Å²) < 4.78 is 15.9. The maximum absolute atomic E-state index is 11.5. The van der Waals surface area contributed by atoms with Gasteiger partial charge in [0.1, 0.15) is 0 Å². The van der Waals surface area contributed by atoms with Crippen LogP contribution in [0.15, 0.2) is 0 Å². The molecule has 0 amide bonds. The van der Waals surface area contributed by atoms with Crippen LogP contribution in [0.2, 0.25) is 0 Å². The molecular weight excluding hydrogens is 184 g/mol. The molecule has 0 saturated carbocycles. The molecule has 1 heterocycles. The zero-order valence-electron chi connectivity index (χ0n) is 9.20. The lowest BCUT2D eigenvalue weighted by molar-refractivity contribution is -0.170. The van der Waals surface area contributed by atoms with E-state index < -0.39 is 11.9 Å². The fraction of sp³-hybridized carbons (Fsp3) is 0.900. The summed E-state index contributed by atoms with van der Waals surface area (Å²) in [5, 5.41) is 0. The predicted molar refractivity (Wildman–Crippen MR) is 50.7 cm³/mol. The van der Waals surface area contributed by atoms with Gasteiger partial charge in [-0.2, -0.15) is 0 Å². The van der Waals surface area contributed by atoms with Gasteiger partial charge in [-0.3, -0.25) is 0 Å². The van der Waals surface area contributed by atoms with Gasteiger partial charge in [-0.05, 0) is 27.2 Å². The second-order valence-corrected chi connectivity index (χ2v) is 3.75. The molecule has 4 heteroatoms. The lowest BCUT2D eigenvalue weighted by Crippen LogP contribution is -2.32. The number of hydrogen-bond acceptors (Lipinski definition) is 4. The van der Waals surface area contributed by atoms with E-state index in [1.165, 1.54) is 0 Å². The topological polar surface area (TPSA) is 44.8 Å². The minimum absolute atomic E-state index is 0.191. The summed E-state index contributed by atoms with van der Waals surface area (Å²) in [4.78, 5) is 11.5. The summed E-state index contributed by atoms with van der Waals surface area (Å²) in [6.07, 6.45) is -0.0218. The van der Waals surface area contributed by atoms with Gasteiger partial charge in [-0.1, -0.05) is 6.92 Å². The molecule has 0 aromatic carbocycles. The first kappa shape index (κ1) is 11.5. The molecule has 1 aliphatic rings. The fourth-order valence-corrected chi connectivity index (χ4v) is 1.56. The Morgan fingerprint density at radius 2 is 2.00 bits per heavy atom. The van der Waals surface area contributed by atoms with Gasteiger partial charge >= 0.3 is 5.97 Å². The Labute approximate surface area is 84.5 Å². The van der Waals surface area contributed by atoms with Gasteiger partial charge < -0.3 is 14.2 Å². The van der Waals surface area contributed by atoms with Crippen molar-refractivity contribution in [1.29, 1.82) is 0 Å². The zero-order valence-corrected chi connectivity index (χ0v) is 9.20. The van der Waals surface area contributed by atoms with Gasteiger partial charge in [0, 0.05) is 0 Å². The third-order valence-corrected chi connectivity index (χ3v) is 2.10. The second-order valence-electron chi connectivity index (χ2n) is 3.75. The van der Waals surface area contributed by atoms with Crippen molar-refractivity contribution in [3.63, 3.8) is 0 Å². The SMILES string of the molecule is CCOC(=O)[C@H]1OC(C)(C)O[C@@H]1CC. The first-order valence-electron chi connectivity index (χ1n) is 5.02. The largest absolute Gasteiger partial charge is 0.464 e. The molecule has 1 saturated heterocycles.